The lowest BCUT2D eigenvalue weighted by molar-refractivity contribution is 0.0589. The van der Waals surface area contributed by atoms with Crippen LogP contribution in [0.2, 0.25) is 0 Å². The Morgan fingerprint density at radius 3 is 2.71 bits per heavy atom. The van der Waals surface area contributed by atoms with Gasteiger partial charge in [-0.25, -0.2) is 0 Å². The summed E-state index contributed by atoms with van der Waals surface area (Å²) in [6, 6.07) is 12.6. The van der Waals surface area contributed by atoms with E-state index in [0.29, 0.717) is 23.4 Å². The lowest BCUT2D eigenvalue weighted by atomic mass is 9.97. The predicted molar refractivity (Wildman–Crippen MR) is 109 cm³/mol. The van der Waals surface area contributed by atoms with Gasteiger partial charge in [0.05, 0.1) is 17.9 Å². The van der Waals surface area contributed by atoms with Crippen LogP contribution in [0.3, 0.4) is 0 Å². The summed E-state index contributed by atoms with van der Waals surface area (Å²) in [5.74, 6) is 0.640. The number of benzene rings is 2. The standard InChI is InChI=1S/C22H25N3O3/c1-3-28-17-10-8-16(9-11-17)23-21(26)15-7-12-18-19(14-15)24(2)20-6-4-5-13-25(20)22(18)27/h7-12,14,20H,3-6,13H2,1-2H3,(H,23,26)/t20-/m1/s1. The number of ether oxygens (including phenoxy) is 1. The van der Waals surface area contributed by atoms with E-state index >= 15 is 0 Å². The third-order valence-corrected chi connectivity index (χ3v) is 5.47. The van der Waals surface area contributed by atoms with Gasteiger partial charge in [0.25, 0.3) is 11.8 Å². The number of fused-ring (bicyclic) bond motifs is 2. The molecule has 0 unspecified atom stereocenters. The molecule has 2 aromatic rings. The van der Waals surface area contributed by atoms with Gasteiger partial charge in [-0.1, -0.05) is 0 Å². The molecule has 0 aromatic heterocycles. The molecule has 2 aliphatic rings. The number of hydrogen-bond acceptors (Lipinski definition) is 4. The summed E-state index contributed by atoms with van der Waals surface area (Å²) < 4.78 is 5.42. The minimum atomic E-state index is -0.195. The Morgan fingerprint density at radius 2 is 1.96 bits per heavy atom. The van der Waals surface area contributed by atoms with E-state index in [0.717, 1.165) is 37.2 Å². The van der Waals surface area contributed by atoms with Crippen molar-refractivity contribution >= 4 is 23.2 Å². The molecule has 0 radical (unpaired) electrons. The summed E-state index contributed by atoms with van der Waals surface area (Å²) in [6.07, 6.45) is 3.21. The Labute approximate surface area is 165 Å². The first-order valence-corrected chi connectivity index (χ1v) is 9.80. The highest BCUT2D eigenvalue weighted by Gasteiger charge is 2.37. The molecule has 2 aromatic carbocycles. The highest BCUT2D eigenvalue weighted by Crippen LogP contribution is 2.35. The summed E-state index contributed by atoms with van der Waals surface area (Å²) >= 11 is 0. The van der Waals surface area contributed by atoms with Crippen molar-refractivity contribution in [2.24, 2.45) is 0 Å². The fraction of sp³-hybridized carbons (Fsp3) is 0.364. The molecular formula is C22H25N3O3. The van der Waals surface area contributed by atoms with E-state index in [2.05, 4.69) is 10.2 Å². The number of rotatable bonds is 4. The number of nitrogens with zero attached hydrogens (tertiary/aromatic N) is 2. The summed E-state index contributed by atoms with van der Waals surface area (Å²) in [4.78, 5) is 29.6. The van der Waals surface area contributed by atoms with Crippen LogP contribution in [0.1, 0.15) is 46.9 Å². The van der Waals surface area contributed by atoms with Crippen LogP contribution in [0.25, 0.3) is 0 Å². The van der Waals surface area contributed by atoms with Gasteiger partial charge in [-0.15, -0.1) is 0 Å². The van der Waals surface area contributed by atoms with Gasteiger partial charge in [0.15, 0.2) is 0 Å². The third kappa shape index (κ3) is 3.30. The summed E-state index contributed by atoms with van der Waals surface area (Å²) in [6.45, 7) is 3.33. The summed E-state index contributed by atoms with van der Waals surface area (Å²) in [7, 11) is 2.00. The molecule has 1 saturated heterocycles. The Kier molecular flexibility index (Phi) is 4.94. The smallest absolute Gasteiger partial charge is 0.257 e. The first-order valence-electron chi connectivity index (χ1n) is 9.80. The van der Waals surface area contributed by atoms with Crippen LogP contribution in [0.15, 0.2) is 42.5 Å². The van der Waals surface area contributed by atoms with Gasteiger partial charge >= 0.3 is 0 Å². The fourth-order valence-corrected chi connectivity index (χ4v) is 4.02. The van der Waals surface area contributed by atoms with Crippen molar-refractivity contribution in [2.75, 3.05) is 30.4 Å². The molecule has 28 heavy (non-hydrogen) atoms. The third-order valence-electron chi connectivity index (χ3n) is 5.47. The highest BCUT2D eigenvalue weighted by atomic mass is 16.5. The summed E-state index contributed by atoms with van der Waals surface area (Å²) in [5.41, 5.74) is 2.73. The maximum atomic E-state index is 12.8. The van der Waals surface area contributed by atoms with Gasteiger partial charge in [-0.05, 0) is 68.7 Å². The predicted octanol–water partition coefficient (Wildman–Crippen LogP) is 3.74. The van der Waals surface area contributed by atoms with E-state index in [4.69, 9.17) is 4.74 Å². The SMILES string of the molecule is CCOc1ccc(NC(=O)c2ccc3c(c2)N(C)[C@H]2CCCCN2C3=O)cc1. The number of nitrogens with one attached hydrogen (secondary N) is 1. The van der Waals surface area contributed by atoms with Gasteiger partial charge in [0.1, 0.15) is 11.9 Å². The lowest BCUT2D eigenvalue weighted by Crippen LogP contribution is -2.55. The first kappa shape index (κ1) is 18.3. The fourth-order valence-electron chi connectivity index (χ4n) is 4.02. The van der Waals surface area contributed by atoms with Crippen molar-refractivity contribution in [3.8, 4) is 5.75 Å². The average Bonchev–Trinajstić information content (AvgIpc) is 2.73. The maximum absolute atomic E-state index is 12.8. The number of anilines is 2. The van der Waals surface area contributed by atoms with Crippen molar-refractivity contribution in [2.45, 2.75) is 32.4 Å². The van der Waals surface area contributed by atoms with Gasteiger partial charge in [0.2, 0.25) is 0 Å². The lowest BCUT2D eigenvalue weighted by Gasteiger charge is -2.46. The number of carbonyl (C=O) groups is 2. The minimum absolute atomic E-state index is 0.0660. The monoisotopic (exact) mass is 379 g/mol. The van der Waals surface area contributed by atoms with Crippen LogP contribution in [0.4, 0.5) is 11.4 Å². The molecule has 2 aliphatic heterocycles. The van der Waals surface area contributed by atoms with Crippen molar-refractivity contribution in [3.63, 3.8) is 0 Å². The van der Waals surface area contributed by atoms with Crippen LogP contribution in [-0.4, -0.2) is 43.1 Å². The van der Waals surface area contributed by atoms with Crippen LogP contribution in [-0.2, 0) is 0 Å². The number of amides is 2. The molecule has 146 valence electrons. The molecule has 4 rings (SSSR count). The van der Waals surface area contributed by atoms with Crippen LogP contribution in [0, 0.1) is 0 Å². The second kappa shape index (κ2) is 7.54. The quantitative estimate of drug-likeness (QED) is 0.879. The van der Waals surface area contributed by atoms with Gasteiger partial charge in [-0.3, -0.25) is 9.59 Å². The molecule has 6 heteroatoms. The van der Waals surface area contributed by atoms with Gasteiger partial charge < -0.3 is 19.9 Å². The molecular weight excluding hydrogens is 354 g/mol. The Bertz CT molecular complexity index is 894. The van der Waals surface area contributed by atoms with Crippen molar-refractivity contribution < 1.29 is 14.3 Å². The number of carbonyl (C=O) groups excluding carboxylic acids is 2. The van der Waals surface area contributed by atoms with Crippen molar-refractivity contribution in [1.29, 1.82) is 0 Å². The van der Waals surface area contributed by atoms with Crippen molar-refractivity contribution in [1.82, 2.24) is 4.90 Å². The van der Waals surface area contributed by atoms with Crippen LogP contribution < -0.4 is 15.0 Å². The molecule has 1 atom stereocenters. The molecule has 6 nitrogen and oxygen atoms in total. The molecule has 0 bridgehead atoms. The first-order chi connectivity index (χ1) is 13.6. The molecule has 1 fully saturated rings. The summed E-state index contributed by atoms with van der Waals surface area (Å²) in [5, 5.41) is 2.91. The molecule has 2 amide bonds. The molecule has 1 N–H and O–H groups in total. The molecule has 0 saturated carbocycles. The molecule has 0 spiro atoms. The Hall–Kier alpha value is -3.02. The van der Waals surface area contributed by atoms with E-state index in [1.165, 1.54) is 0 Å². The van der Waals surface area contributed by atoms with Gasteiger partial charge in [-0.2, -0.15) is 0 Å². The second-order valence-electron chi connectivity index (χ2n) is 7.23. The van der Waals surface area contributed by atoms with Crippen molar-refractivity contribution in [3.05, 3.63) is 53.6 Å². The average molecular weight is 379 g/mol. The second-order valence-corrected chi connectivity index (χ2v) is 7.23. The Morgan fingerprint density at radius 1 is 1.18 bits per heavy atom. The van der Waals surface area contributed by atoms with Crippen LogP contribution >= 0.6 is 0 Å². The minimum Gasteiger partial charge on any atom is -0.494 e. The largest absolute Gasteiger partial charge is 0.494 e. The Balaban J connectivity index is 1.56. The van der Waals surface area contributed by atoms with Crippen LogP contribution in [0.5, 0.6) is 5.75 Å². The molecule has 0 aliphatic carbocycles. The van der Waals surface area contributed by atoms with E-state index in [9.17, 15) is 9.59 Å². The van der Waals surface area contributed by atoms with E-state index < -0.39 is 0 Å². The zero-order valence-electron chi connectivity index (χ0n) is 16.3. The van der Waals surface area contributed by atoms with E-state index in [1.54, 1.807) is 12.1 Å². The zero-order valence-corrected chi connectivity index (χ0v) is 16.3. The normalized spacial score (nSPS) is 18.4. The van der Waals surface area contributed by atoms with E-state index in [1.807, 2.05) is 49.2 Å². The number of hydrogen-bond donors (Lipinski definition) is 1. The zero-order chi connectivity index (χ0) is 19.7. The maximum Gasteiger partial charge on any atom is 0.257 e. The van der Waals surface area contributed by atoms with E-state index in [-0.39, 0.29) is 18.0 Å². The van der Waals surface area contributed by atoms with Gasteiger partial charge in [0, 0.05) is 24.8 Å². The molecule has 2 heterocycles. The highest BCUT2D eigenvalue weighted by molar-refractivity contribution is 6.08. The number of piperidine rings is 1. The topological polar surface area (TPSA) is 61.9 Å².